The molecule has 0 aliphatic heterocycles. The lowest BCUT2D eigenvalue weighted by atomic mass is 10.1. The van der Waals surface area contributed by atoms with E-state index in [0.29, 0.717) is 24.5 Å². The van der Waals surface area contributed by atoms with Crippen molar-refractivity contribution in [3.63, 3.8) is 0 Å². The van der Waals surface area contributed by atoms with Gasteiger partial charge in [-0.15, -0.1) is 0 Å². The Morgan fingerprint density at radius 2 is 2.33 bits per heavy atom. The van der Waals surface area contributed by atoms with E-state index in [9.17, 15) is 5.11 Å². The molecular weight excluding hydrogens is 298 g/mol. The Morgan fingerprint density at radius 3 is 3.00 bits per heavy atom. The van der Waals surface area contributed by atoms with Crippen LogP contribution in [0.2, 0.25) is 0 Å². The van der Waals surface area contributed by atoms with Crippen molar-refractivity contribution >= 4 is 15.9 Å². The Bertz CT molecular complexity index is 501. The van der Waals surface area contributed by atoms with E-state index in [2.05, 4.69) is 26.0 Å². The maximum absolute atomic E-state index is 10.3. The molecule has 1 atom stereocenters. The molecule has 2 heterocycles. The van der Waals surface area contributed by atoms with Crippen molar-refractivity contribution in [1.82, 2.24) is 14.8 Å². The van der Waals surface area contributed by atoms with Crippen LogP contribution in [0.5, 0.6) is 0 Å². The fourth-order valence-corrected chi connectivity index (χ4v) is 2.19. The van der Waals surface area contributed by atoms with Crippen molar-refractivity contribution < 1.29 is 9.84 Å². The zero-order valence-corrected chi connectivity index (χ0v) is 11.5. The third kappa shape index (κ3) is 2.77. The first-order valence-corrected chi connectivity index (χ1v) is 6.32. The van der Waals surface area contributed by atoms with E-state index in [1.54, 1.807) is 30.3 Å². The summed E-state index contributed by atoms with van der Waals surface area (Å²) in [6.45, 7) is 1.12. The molecule has 0 fully saturated rings. The highest BCUT2D eigenvalue weighted by molar-refractivity contribution is 9.10. The Morgan fingerprint density at radius 1 is 1.50 bits per heavy atom. The Hall–Kier alpha value is -1.24. The number of halogens is 1. The molecule has 0 saturated heterocycles. The van der Waals surface area contributed by atoms with E-state index in [0.717, 1.165) is 4.47 Å². The van der Waals surface area contributed by atoms with Crippen molar-refractivity contribution in [1.29, 1.82) is 0 Å². The molecule has 0 aliphatic carbocycles. The van der Waals surface area contributed by atoms with E-state index >= 15 is 0 Å². The average Bonchev–Trinajstić information content (AvgIpc) is 2.77. The van der Waals surface area contributed by atoms with Crippen molar-refractivity contribution in [3.05, 3.63) is 46.5 Å². The van der Waals surface area contributed by atoms with Gasteiger partial charge < -0.3 is 9.84 Å². The number of aromatic nitrogens is 3. The average molecular weight is 312 g/mol. The van der Waals surface area contributed by atoms with Gasteiger partial charge in [-0.25, -0.2) is 0 Å². The number of pyridine rings is 1. The summed E-state index contributed by atoms with van der Waals surface area (Å²) in [7, 11) is 1.63. The Labute approximate surface area is 114 Å². The smallest absolute Gasteiger partial charge is 0.139 e. The van der Waals surface area contributed by atoms with E-state index in [1.807, 2.05) is 12.1 Å². The van der Waals surface area contributed by atoms with Crippen molar-refractivity contribution in [2.75, 3.05) is 13.7 Å². The normalized spacial score (nSPS) is 12.6. The predicted octanol–water partition coefficient (Wildman–Crippen LogP) is 1.77. The van der Waals surface area contributed by atoms with Crippen LogP contribution in [0.15, 0.2) is 35.1 Å². The van der Waals surface area contributed by atoms with Crippen LogP contribution in [-0.4, -0.2) is 33.6 Å². The molecule has 0 aromatic carbocycles. The highest BCUT2D eigenvalue weighted by Gasteiger charge is 2.20. The lowest BCUT2D eigenvalue weighted by Crippen LogP contribution is -2.14. The van der Waals surface area contributed by atoms with E-state index in [-0.39, 0.29) is 0 Å². The van der Waals surface area contributed by atoms with E-state index in [1.165, 1.54) is 0 Å². The van der Waals surface area contributed by atoms with Gasteiger partial charge in [0.1, 0.15) is 6.10 Å². The number of hydrogen-bond donors (Lipinski definition) is 1. The number of nitrogens with zero attached hydrogens (tertiary/aromatic N) is 3. The highest BCUT2D eigenvalue weighted by atomic mass is 79.9. The van der Waals surface area contributed by atoms with Gasteiger partial charge in [-0.3, -0.25) is 9.67 Å². The molecule has 6 heteroatoms. The standard InChI is InChI=1S/C12H14BrN3O2/c1-18-7-6-16-11(9(13)8-15-16)12(17)10-4-2-3-5-14-10/h2-5,8,12,17H,6-7H2,1H3. The summed E-state index contributed by atoms with van der Waals surface area (Å²) in [5, 5.41) is 14.5. The van der Waals surface area contributed by atoms with Crippen LogP contribution < -0.4 is 0 Å². The van der Waals surface area contributed by atoms with Crippen LogP contribution in [0, 0.1) is 0 Å². The van der Waals surface area contributed by atoms with Gasteiger partial charge in [0.2, 0.25) is 0 Å². The fourth-order valence-electron chi connectivity index (χ4n) is 1.68. The van der Waals surface area contributed by atoms with Crippen LogP contribution in [0.1, 0.15) is 17.5 Å². The second kappa shape index (κ2) is 6.08. The monoisotopic (exact) mass is 311 g/mol. The summed E-state index contributed by atoms with van der Waals surface area (Å²) in [4.78, 5) is 4.15. The topological polar surface area (TPSA) is 60.2 Å². The van der Waals surface area contributed by atoms with Gasteiger partial charge in [0.15, 0.2) is 0 Å². The molecule has 0 aliphatic rings. The first kappa shape index (κ1) is 13.2. The third-order valence-electron chi connectivity index (χ3n) is 2.57. The molecule has 0 bridgehead atoms. The minimum Gasteiger partial charge on any atom is -0.383 e. The van der Waals surface area contributed by atoms with Crippen LogP contribution in [0.3, 0.4) is 0 Å². The quantitative estimate of drug-likeness (QED) is 0.914. The minimum atomic E-state index is -0.806. The number of ether oxygens (including phenoxy) is 1. The van der Waals surface area contributed by atoms with Crippen LogP contribution in [-0.2, 0) is 11.3 Å². The number of aliphatic hydroxyl groups is 1. The fraction of sp³-hybridized carbons (Fsp3) is 0.333. The lowest BCUT2D eigenvalue weighted by molar-refractivity contribution is 0.169. The second-order valence-corrected chi connectivity index (χ2v) is 4.61. The van der Waals surface area contributed by atoms with Gasteiger partial charge in [-0.2, -0.15) is 5.10 Å². The summed E-state index contributed by atoms with van der Waals surface area (Å²) in [6, 6.07) is 5.44. The first-order valence-electron chi connectivity index (χ1n) is 5.53. The molecule has 2 rings (SSSR count). The first-order chi connectivity index (χ1) is 8.74. The maximum atomic E-state index is 10.3. The highest BCUT2D eigenvalue weighted by Crippen LogP contribution is 2.27. The molecule has 1 N–H and O–H groups in total. The van der Waals surface area contributed by atoms with Gasteiger partial charge in [0.05, 0.1) is 35.2 Å². The maximum Gasteiger partial charge on any atom is 0.139 e. The SMILES string of the molecule is COCCn1ncc(Br)c1C(O)c1ccccn1. The number of aliphatic hydroxyl groups excluding tert-OH is 1. The molecule has 2 aromatic rings. The van der Waals surface area contributed by atoms with Gasteiger partial charge in [0.25, 0.3) is 0 Å². The zero-order valence-electron chi connectivity index (χ0n) is 9.95. The van der Waals surface area contributed by atoms with Gasteiger partial charge >= 0.3 is 0 Å². The number of hydrogen-bond acceptors (Lipinski definition) is 4. The Balaban J connectivity index is 2.29. The molecule has 0 saturated carbocycles. The van der Waals surface area contributed by atoms with Crippen LogP contribution >= 0.6 is 15.9 Å². The van der Waals surface area contributed by atoms with Gasteiger partial charge in [-0.05, 0) is 28.1 Å². The molecule has 0 amide bonds. The summed E-state index contributed by atoms with van der Waals surface area (Å²) in [5.41, 5.74) is 1.28. The summed E-state index contributed by atoms with van der Waals surface area (Å²) in [5.74, 6) is 0. The number of methoxy groups -OCH3 is 1. The van der Waals surface area contributed by atoms with Crippen molar-refractivity contribution in [2.24, 2.45) is 0 Å². The van der Waals surface area contributed by atoms with Gasteiger partial charge in [0, 0.05) is 13.3 Å². The van der Waals surface area contributed by atoms with Gasteiger partial charge in [-0.1, -0.05) is 6.07 Å². The molecule has 5 nitrogen and oxygen atoms in total. The summed E-state index contributed by atoms with van der Waals surface area (Å²) in [6.07, 6.45) is 2.51. The predicted molar refractivity (Wildman–Crippen MR) is 70.1 cm³/mol. The summed E-state index contributed by atoms with van der Waals surface area (Å²) >= 11 is 3.40. The zero-order chi connectivity index (χ0) is 13.0. The van der Waals surface area contributed by atoms with E-state index < -0.39 is 6.10 Å². The molecule has 2 aromatic heterocycles. The largest absolute Gasteiger partial charge is 0.383 e. The third-order valence-corrected chi connectivity index (χ3v) is 3.18. The Kier molecular flexibility index (Phi) is 4.46. The van der Waals surface area contributed by atoms with E-state index in [4.69, 9.17) is 4.74 Å². The number of rotatable bonds is 5. The lowest BCUT2D eigenvalue weighted by Gasteiger charge is -2.13. The van der Waals surface area contributed by atoms with Crippen molar-refractivity contribution in [2.45, 2.75) is 12.6 Å². The van der Waals surface area contributed by atoms with Crippen molar-refractivity contribution in [3.8, 4) is 0 Å². The second-order valence-electron chi connectivity index (χ2n) is 3.75. The molecule has 18 heavy (non-hydrogen) atoms. The summed E-state index contributed by atoms with van der Waals surface area (Å²) < 4.78 is 7.50. The molecule has 0 radical (unpaired) electrons. The molecule has 96 valence electrons. The molecule has 1 unspecified atom stereocenters. The van der Waals surface area contributed by atoms with Crippen LogP contribution in [0.4, 0.5) is 0 Å². The van der Waals surface area contributed by atoms with Crippen LogP contribution in [0.25, 0.3) is 0 Å². The minimum absolute atomic E-state index is 0.538. The molecular formula is C12H14BrN3O2. The molecule has 0 spiro atoms.